The van der Waals surface area contributed by atoms with Crippen LogP contribution in [0.25, 0.3) is 0 Å². The summed E-state index contributed by atoms with van der Waals surface area (Å²) in [6, 6.07) is 11.6. The van der Waals surface area contributed by atoms with Crippen molar-refractivity contribution in [3.05, 3.63) is 59.9 Å². The van der Waals surface area contributed by atoms with Crippen LogP contribution in [0.5, 0.6) is 5.75 Å². The summed E-state index contributed by atoms with van der Waals surface area (Å²) in [6.07, 6.45) is -0.991. The quantitative estimate of drug-likeness (QED) is 0.861. The van der Waals surface area contributed by atoms with E-state index in [9.17, 15) is 14.0 Å². The Bertz CT molecular complexity index is 683. The van der Waals surface area contributed by atoms with Crippen molar-refractivity contribution in [1.82, 2.24) is 0 Å². The zero-order chi connectivity index (χ0) is 16.8. The highest BCUT2D eigenvalue weighted by Crippen LogP contribution is 2.15. The summed E-state index contributed by atoms with van der Waals surface area (Å²) >= 11 is 0. The van der Waals surface area contributed by atoms with Crippen molar-refractivity contribution in [2.75, 3.05) is 12.4 Å². The lowest BCUT2D eigenvalue weighted by Crippen LogP contribution is -2.30. The Balaban J connectivity index is 1.93. The number of amides is 1. The molecule has 0 aliphatic heterocycles. The van der Waals surface area contributed by atoms with E-state index in [0.717, 1.165) is 12.1 Å². The molecule has 0 spiro atoms. The second-order valence-electron chi connectivity index (χ2n) is 4.77. The van der Waals surface area contributed by atoms with Crippen molar-refractivity contribution in [1.29, 1.82) is 0 Å². The summed E-state index contributed by atoms with van der Waals surface area (Å²) in [7, 11) is 1.55. The summed E-state index contributed by atoms with van der Waals surface area (Å²) < 4.78 is 22.9. The number of esters is 1. The molecule has 2 aromatic rings. The van der Waals surface area contributed by atoms with Gasteiger partial charge in [0.15, 0.2) is 6.10 Å². The standard InChI is InChI=1S/C17H16FNO4/c1-11(23-17(21)12-3-5-13(18)6-4-12)16(20)19-14-7-9-15(22-2)10-8-14/h3-11H,1-2H3,(H,19,20). The molecule has 1 atom stereocenters. The Labute approximate surface area is 133 Å². The first kappa shape index (κ1) is 16.5. The summed E-state index contributed by atoms with van der Waals surface area (Å²) in [4.78, 5) is 23.9. The molecule has 1 N–H and O–H groups in total. The first-order valence-corrected chi connectivity index (χ1v) is 6.91. The third-order valence-electron chi connectivity index (χ3n) is 3.09. The minimum Gasteiger partial charge on any atom is -0.497 e. The highest BCUT2D eigenvalue weighted by atomic mass is 19.1. The normalized spacial score (nSPS) is 11.4. The lowest BCUT2D eigenvalue weighted by atomic mass is 10.2. The molecule has 2 rings (SSSR count). The molecule has 0 heterocycles. The van der Waals surface area contributed by atoms with Gasteiger partial charge in [-0.1, -0.05) is 0 Å². The van der Waals surface area contributed by atoms with Crippen LogP contribution in [0.4, 0.5) is 10.1 Å². The average Bonchev–Trinajstić information content (AvgIpc) is 2.56. The average molecular weight is 317 g/mol. The molecule has 0 aliphatic rings. The Morgan fingerprint density at radius 2 is 1.65 bits per heavy atom. The molecule has 23 heavy (non-hydrogen) atoms. The Morgan fingerprint density at radius 1 is 1.04 bits per heavy atom. The lowest BCUT2D eigenvalue weighted by Gasteiger charge is -2.13. The molecular formula is C17H16FNO4. The molecule has 0 saturated carbocycles. The van der Waals surface area contributed by atoms with Crippen molar-refractivity contribution in [2.24, 2.45) is 0 Å². The minimum atomic E-state index is -0.991. The van der Waals surface area contributed by atoms with Gasteiger partial charge in [0.25, 0.3) is 5.91 Å². The van der Waals surface area contributed by atoms with Gasteiger partial charge >= 0.3 is 5.97 Å². The maximum atomic E-state index is 12.8. The first-order valence-electron chi connectivity index (χ1n) is 6.91. The third-order valence-corrected chi connectivity index (χ3v) is 3.09. The zero-order valence-corrected chi connectivity index (χ0v) is 12.7. The van der Waals surface area contributed by atoms with E-state index in [2.05, 4.69) is 5.32 Å². The molecule has 1 amide bonds. The molecule has 0 radical (unpaired) electrons. The van der Waals surface area contributed by atoms with Crippen LogP contribution >= 0.6 is 0 Å². The predicted octanol–water partition coefficient (Wildman–Crippen LogP) is 3.02. The van der Waals surface area contributed by atoms with Crippen molar-refractivity contribution in [3.8, 4) is 5.75 Å². The van der Waals surface area contributed by atoms with Crippen LogP contribution in [0.2, 0.25) is 0 Å². The van der Waals surface area contributed by atoms with Crippen molar-refractivity contribution in [2.45, 2.75) is 13.0 Å². The summed E-state index contributed by atoms with van der Waals surface area (Å²) in [5.74, 6) is -0.946. The van der Waals surface area contributed by atoms with Gasteiger partial charge in [-0.05, 0) is 55.5 Å². The lowest BCUT2D eigenvalue weighted by molar-refractivity contribution is -0.123. The van der Waals surface area contributed by atoms with Crippen LogP contribution < -0.4 is 10.1 Å². The molecule has 0 aliphatic carbocycles. The van der Waals surface area contributed by atoms with E-state index in [1.165, 1.54) is 19.1 Å². The summed E-state index contributed by atoms with van der Waals surface area (Å²) in [5, 5.41) is 2.63. The number of benzene rings is 2. The van der Waals surface area contributed by atoms with E-state index < -0.39 is 23.8 Å². The molecule has 2 aromatic carbocycles. The van der Waals surface area contributed by atoms with E-state index >= 15 is 0 Å². The van der Waals surface area contributed by atoms with Crippen LogP contribution in [0.3, 0.4) is 0 Å². The fourth-order valence-corrected chi connectivity index (χ4v) is 1.79. The highest BCUT2D eigenvalue weighted by molar-refractivity contribution is 5.97. The zero-order valence-electron chi connectivity index (χ0n) is 12.7. The predicted molar refractivity (Wildman–Crippen MR) is 82.9 cm³/mol. The molecule has 0 fully saturated rings. The van der Waals surface area contributed by atoms with E-state index in [-0.39, 0.29) is 5.56 Å². The van der Waals surface area contributed by atoms with Gasteiger partial charge in [-0.2, -0.15) is 0 Å². The number of nitrogens with one attached hydrogen (secondary N) is 1. The van der Waals surface area contributed by atoms with Gasteiger partial charge in [0.1, 0.15) is 11.6 Å². The molecular weight excluding hydrogens is 301 g/mol. The maximum Gasteiger partial charge on any atom is 0.338 e. The second-order valence-corrected chi connectivity index (χ2v) is 4.77. The monoisotopic (exact) mass is 317 g/mol. The van der Waals surface area contributed by atoms with Gasteiger partial charge < -0.3 is 14.8 Å². The fraction of sp³-hybridized carbons (Fsp3) is 0.176. The number of carbonyl (C=O) groups is 2. The van der Waals surface area contributed by atoms with Gasteiger partial charge in [0.05, 0.1) is 12.7 Å². The SMILES string of the molecule is COc1ccc(NC(=O)C(C)OC(=O)c2ccc(F)cc2)cc1. The summed E-state index contributed by atoms with van der Waals surface area (Å²) in [5.41, 5.74) is 0.732. The number of rotatable bonds is 5. The van der Waals surface area contributed by atoms with Gasteiger partial charge in [-0.25, -0.2) is 9.18 Å². The Hall–Kier alpha value is -2.89. The van der Waals surface area contributed by atoms with Crippen LogP contribution in [0, 0.1) is 5.82 Å². The second kappa shape index (κ2) is 7.40. The number of anilines is 1. The van der Waals surface area contributed by atoms with E-state index in [0.29, 0.717) is 11.4 Å². The molecule has 5 nitrogen and oxygen atoms in total. The largest absolute Gasteiger partial charge is 0.497 e. The Morgan fingerprint density at radius 3 is 2.22 bits per heavy atom. The molecule has 0 aromatic heterocycles. The van der Waals surface area contributed by atoms with E-state index in [1.807, 2.05) is 0 Å². The van der Waals surface area contributed by atoms with Crippen molar-refractivity contribution in [3.63, 3.8) is 0 Å². The van der Waals surface area contributed by atoms with Crippen LogP contribution in [-0.4, -0.2) is 25.1 Å². The number of ether oxygens (including phenoxy) is 2. The number of carbonyl (C=O) groups excluding carboxylic acids is 2. The van der Waals surface area contributed by atoms with Crippen LogP contribution in [-0.2, 0) is 9.53 Å². The van der Waals surface area contributed by atoms with Crippen LogP contribution in [0.15, 0.2) is 48.5 Å². The number of halogens is 1. The molecule has 6 heteroatoms. The van der Waals surface area contributed by atoms with Gasteiger partial charge in [-0.3, -0.25) is 4.79 Å². The van der Waals surface area contributed by atoms with Gasteiger partial charge in [0.2, 0.25) is 0 Å². The number of hydrogen-bond donors (Lipinski definition) is 1. The topological polar surface area (TPSA) is 64.6 Å². The van der Waals surface area contributed by atoms with Crippen molar-refractivity contribution < 1.29 is 23.5 Å². The van der Waals surface area contributed by atoms with E-state index in [4.69, 9.17) is 9.47 Å². The molecule has 0 saturated heterocycles. The van der Waals surface area contributed by atoms with Crippen LogP contribution in [0.1, 0.15) is 17.3 Å². The summed E-state index contributed by atoms with van der Waals surface area (Å²) in [6.45, 7) is 1.46. The first-order chi connectivity index (χ1) is 11.0. The third kappa shape index (κ3) is 4.54. The molecule has 1 unspecified atom stereocenters. The van der Waals surface area contributed by atoms with E-state index in [1.54, 1.807) is 31.4 Å². The van der Waals surface area contributed by atoms with Gasteiger partial charge in [0, 0.05) is 5.69 Å². The smallest absolute Gasteiger partial charge is 0.338 e. The number of hydrogen-bond acceptors (Lipinski definition) is 4. The van der Waals surface area contributed by atoms with Gasteiger partial charge in [-0.15, -0.1) is 0 Å². The minimum absolute atomic E-state index is 0.176. The Kier molecular flexibility index (Phi) is 5.30. The molecule has 0 bridgehead atoms. The number of methoxy groups -OCH3 is 1. The molecule has 120 valence electrons. The maximum absolute atomic E-state index is 12.8. The highest BCUT2D eigenvalue weighted by Gasteiger charge is 2.19. The van der Waals surface area contributed by atoms with Crippen molar-refractivity contribution >= 4 is 17.6 Å². The fourth-order valence-electron chi connectivity index (χ4n) is 1.79.